The molecule has 0 saturated carbocycles. The lowest BCUT2D eigenvalue weighted by molar-refractivity contribution is 0.414. The van der Waals surface area contributed by atoms with Crippen LogP contribution in [-0.2, 0) is 0 Å². The van der Waals surface area contributed by atoms with Gasteiger partial charge in [0, 0.05) is 17.2 Å². The van der Waals surface area contributed by atoms with Crippen LogP contribution in [0.4, 0.5) is 0 Å². The molecule has 0 fully saturated rings. The lowest BCUT2D eigenvalue weighted by Crippen LogP contribution is -2.00. The number of nitrogens with two attached hydrogens (primary N) is 1. The molecule has 0 spiro atoms. The highest BCUT2D eigenvalue weighted by atomic mass is 32.2. The third kappa shape index (κ3) is 3.52. The predicted octanol–water partition coefficient (Wildman–Crippen LogP) is 3.72. The molecule has 2 nitrogen and oxygen atoms in total. The molecule has 0 aliphatic heterocycles. The molecule has 0 radical (unpaired) electrons. The van der Waals surface area contributed by atoms with Crippen LogP contribution in [0.25, 0.3) is 11.1 Å². The molecule has 0 atom stereocenters. The number of aryl methyl sites for hydroxylation is 1. The van der Waals surface area contributed by atoms with E-state index in [2.05, 4.69) is 43.3 Å². The Hall–Kier alpha value is -1.45. The second-order valence-electron chi connectivity index (χ2n) is 4.34. The van der Waals surface area contributed by atoms with Crippen LogP contribution in [0.3, 0.4) is 0 Å². The highest BCUT2D eigenvalue weighted by Crippen LogP contribution is 2.28. The highest BCUT2D eigenvalue weighted by Gasteiger charge is 2.03. The molecule has 100 valence electrons. The van der Waals surface area contributed by atoms with Crippen molar-refractivity contribution in [2.75, 3.05) is 19.4 Å². The van der Waals surface area contributed by atoms with Crippen molar-refractivity contribution in [3.05, 3.63) is 48.0 Å². The number of rotatable bonds is 5. The van der Waals surface area contributed by atoms with Gasteiger partial charge in [-0.25, -0.2) is 0 Å². The van der Waals surface area contributed by atoms with E-state index in [9.17, 15) is 0 Å². The van der Waals surface area contributed by atoms with Crippen LogP contribution in [-0.4, -0.2) is 19.4 Å². The number of methoxy groups -OCH3 is 1. The van der Waals surface area contributed by atoms with E-state index in [0.29, 0.717) is 6.54 Å². The van der Waals surface area contributed by atoms with Crippen LogP contribution in [0.2, 0.25) is 0 Å². The van der Waals surface area contributed by atoms with Crippen LogP contribution in [0, 0.1) is 6.92 Å². The van der Waals surface area contributed by atoms with Crippen LogP contribution in [0.1, 0.15) is 5.56 Å². The van der Waals surface area contributed by atoms with Gasteiger partial charge in [0.25, 0.3) is 0 Å². The average molecular weight is 273 g/mol. The van der Waals surface area contributed by atoms with E-state index >= 15 is 0 Å². The molecule has 0 heterocycles. The average Bonchev–Trinajstić information content (AvgIpc) is 2.45. The maximum Gasteiger partial charge on any atom is 0.119 e. The van der Waals surface area contributed by atoms with Crippen molar-refractivity contribution in [2.24, 2.45) is 5.73 Å². The zero-order valence-electron chi connectivity index (χ0n) is 11.3. The van der Waals surface area contributed by atoms with Crippen LogP contribution >= 0.6 is 11.8 Å². The summed E-state index contributed by atoms with van der Waals surface area (Å²) in [6.45, 7) is 2.82. The fraction of sp³-hybridized carbons (Fsp3) is 0.250. The van der Waals surface area contributed by atoms with E-state index in [-0.39, 0.29) is 0 Å². The van der Waals surface area contributed by atoms with Gasteiger partial charge in [-0.05, 0) is 47.9 Å². The molecule has 0 aromatic heterocycles. The van der Waals surface area contributed by atoms with Gasteiger partial charge < -0.3 is 10.5 Å². The van der Waals surface area contributed by atoms with Crippen molar-refractivity contribution in [1.29, 1.82) is 0 Å². The maximum absolute atomic E-state index is 5.51. The van der Waals surface area contributed by atoms with Gasteiger partial charge in [-0.15, -0.1) is 11.8 Å². The Morgan fingerprint density at radius 2 is 1.84 bits per heavy atom. The van der Waals surface area contributed by atoms with Crippen molar-refractivity contribution in [3.63, 3.8) is 0 Å². The first-order valence-corrected chi connectivity index (χ1v) is 7.31. The topological polar surface area (TPSA) is 35.2 Å². The van der Waals surface area contributed by atoms with Gasteiger partial charge in [0.15, 0.2) is 0 Å². The van der Waals surface area contributed by atoms with Crippen molar-refractivity contribution in [3.8, 4) is 16.9 Å². The van der Waals surface area contributed by atoms with Crippen molar-refractivity contribution < 1.29 is 4.74 Å². The molecule has 2 rings (SSSR count). The molecular formula is C16H19NOS. The molecule has 2 N–H and O–H groups in total. The lowest BCUT2D eigenvalue weighted by atomic mass is 10.0. The Morgan fingerprint density at radius 1 is 1.11 bits per heavy atom. The Labute approximate surface area is 119 Å². The molecule has 0 aliphatic rings. The molecule has 0 bridgehead atoms. The minimum Gasteiger partial charge on any atom is -0.497 e. The number of thioether (sulfide) groups is 1. The van der Waals surface area contributed by atoms with E-state index in [1.165, 1.54) is 21.6 Å². The first kappa shape index (κ1) is 14.0. The van der Waals surface area contributed by atoms with Gasteiger partial charge in [0.05, 0.1) is 7.11 Å². The largest absolute Gasteiger partial charge is 0.497 e. The summed E-state index contributed by atoms with van der Waals surface area (Å²) in [4.78, 5) is 1.26. The van der Waals surface area contributed by atoms with E-state index in [1.54, 1.807) is 18.9 Å². The molecule has 0 aliphatic carbocycles. The van der Waals surface area contributed by atoms with Crippen LogP contribution < -0.4 is 10.5 Å². The summed E-state index contributed by atoms with van der Waals surface area (Å²) < 4.78 is 5.23. The number of benzene rings is 2. The molecule has 0 amide bonds. The van der Waals surface area contributed by atoms with Crippen LogP contribution in [0.15, 0.2) is 47.4 Å². The summed E-state index contributed by atoms with van der Waals surface area (Å²) in [6, 6.07) is 14.8. The number of ether oxygens (including phenoxy) is 1. The summed E-state index contributed by atoms with van der Waals surface area (Å²) in [6.07, 6.45) is 0. The smallest absolute Gasteiger partial charge is 0.119 e. The third-order valence-corrected chi connectivity index (χ3v) is 4.03. The SMILES string of the molecule is COc1ccc(-c2ccc(SCCN)cc2)c(C)c1. The van der Waals surface area contributed by atoms with E-state index in [1.807, 2.05) is 6.07 Å². The number of hydrogen-bond acceptors (Lipinski definition) is 3. The van der Waals surface area contributed by atoms with Crippen LogP contribution in [0.5, 0.6) is 5.75 Å². The molecule has 2 aromatic rings. The predicted molar refractivity (Wildman–Crippen MR) is 82.9 cm³/mol. The fourth-order valence-corrected chi connectivity index (χ4v) is 2.68. The molecule has 0 saturated heterocycles. The molecular weight excluding hydrogens is 254 g/mol. The van der Waals surface area contributed by atoms with Gasteiger partial charge in [-0.3, -0.25) is 0 Å². The van der Waals surface area contributed by atoms with E-state index < -0.39 is 0 Å². The van der Waals surface area contributed by atoms with E-state index in [0.717, 1.165) is 11.5 Å². The summed E-state index contributed by atoms with van der Waals surface area (Å²) >= 11 is 1.79. The van der Waals surface area contributed by atoms with E-state index in [4.69, 9.17) is 10.5 Å². The summed E-state index contributed by atoms with van der Waals surface area (Å²) in [5.41, 5.74) is 9.22. The highest BCUT2D eigenvalue weighted by molar-refractivity contribution is 7.99. The Kier molecular flexibility index (Phi) is 4.88. The first-order valence-electron chi connectivity index (χ1n) is 6.32. The van der Waals surface area contributed by atoms with Gasteiger partial charge in [-0.1, -0.05) is 18.2 Å². The Balaban J connectivity index is 2.22. The van der Waals surface area contributed by atoms with Crippen molar-refractivity contribution in [1.82, 2.24) is 0 Å². The minimum atomic E-state index is 0.712. The second kappa shape index (κ2) is 6.64. The molecule has 2 aromatic carbocycles. The first-order chi connectivity index (χ1) is 9.24. The molecule has 3 heteroatoms. The number of hydrogen-bond donors (Lipinski definition) is 1. The summed E-state index contributed by atoms with van der Waals surface area (Å²) in [7, 11) is 1.69. The summed E-state index contributed by atoms with van der Waals surface area (Å²) in [5, 5.41) is 0. The fourth-order valence-electron chi connectivity index (χ4n) is 1.99. The monoisotopic (exact) mass is 273 g/mol. The quantitative estimate of drug-likeness (QED) is 0.843. The summed E-state index contributed by atoms with van der Waals surface area (Å²) in [5.74, 6) is 1.86. The zero-order valence-corrected chi connectivity index (χ0v) is 12.2. The van der Waals surface area contributed by atoms with Gasteiger partial charge >= 0.3 is 0 Å². The second-order valence-corrected chi connectivity index (χ2v) is 5.51. The van der Waals surface area contributed by atoms with Crippen molar-refractivity contribution >= 4 is 11.8 Å². The normalized spacial score (nSPS) is 10.5. The lowest BCUT2D eigenvalue weighted by Gasteiger charge is -2.09. The zero-order chi connectivity index (χ0) is 13.7. The third-order valence-electron chi connectivity index (χ3n) is 2.99. The van der Waals surface area contributed by atoms with Gasteiger partial charge in [0.1, 0.15) is 5.75 Å². The Morgan fingerprint density at radius 3 is 2.42 bits per heavy atom. The standard InChI is InChI=1S/C16H19NOS/c1-12-11-14(18-2)5-8-16(12)13-3-6-15(7-4-13)19-10-9-17/h3-8,11H,9-10,17H2,1-2H3. The minimum absolute atomic E-state index is 0.712. The van der Waals surface area contributed by atoms with Gasteiger partial charge in [0.2, 0.25) is 0 Å². The maximum atomic E-state index is 5.51. The molecule has 19 heavy (non-hydrogen) atoms. The molecule has 0 unspecified atom stereocenters. The van der Waals surface area contributed by atoms with Gasteiger partial charge in [-0.2, -0.15) is 0 Å². The Bertz CT molecular complexity index is 537. The van der Waals surface area contributed by atoms with Crippen molar-refractivity contribution in [2.45, 2.75) is 11.8 Å².